The molecule has 2 aromatic carbocycles. The van der Waals surface area contributed by atoms with Gasteiger partial charge in [0.1, 0.15) is 12.4 Å². The van der Waals surface area contributed by atoms with Crippen LogP contribution in [0, 0.1) is 5.92 Å². The minimum absolute atomic E-state index is 0.0164. The van der Waals surface area contributed by atoms with E-state index in [4.69, 9.17) is 14.2 Å². The minimum atomic E-state index is -0.228. The van der Waals surface area contributed by atoms with Gasteiger partial charge in [0, 0.05) is 12.1 Å². The van der Waals surface area contributed by atoms with E-state index in [0.717, 1.165) is 31.4 Å². The Hall–Kier alpha value is -1.88. The Kier molecular flexibility index (Phi) is 8.32. The van der Waals surface area contributed by atoms with Crippen molar-refractivity contribution in [3.8, 4) is 5.75 Å². The van der Waals surface area contributed by atoms with Crippen LogP contribution in [-0.4, -0.2) is 44.6 Å². The fourth-order valence-electron chi connectivity index (χ4n) is 4.73. The highest BCUT2D eigenvalue weighted by Gasteiger charge is 2.41. The number of rotatable bonds is 10. The fourth-order valence-corrected chi connectivity index (χ4v) is 4.73. The molecule has 2 aromatic rings. The molecular weight excluding hydrogens is 374 g/mol. The van der Waals surface area contributed by atoms with Crippen LogP contribution in [0.4, 0.5) is 0 Å². The molecule has 30 heavy (non-hydrogen) atoms. The number of benzene rings is 2. The van der Waals surface area contributed by atoms with Crippen molar-refractivity contribution in [1.82, 2.24) is 4.90 Å². The molecule has 0 radical (unpaired) electrons. The second-order valence-electron chi connectivity index (χ2n) is 8.45. The van der Waals surface area contributed by atoms with Gasteiger partial charge in [-0.1, -0.05) is 48.5 Å². The first-order valence-corrected chi connectivity index (χ1v) is 11.2. The average Bonchev–Trinajstić information content (AvgIpc) is 2.78. The van der Waals surface area contributed by atoms with Crippen LogP contribution in [0.5, 0.6) is 5.75 Å². The topological polar surface area (TPSA) is 30.9 Å². The highest BCUT2D eigenvalue weighted by Crippen LogP contribution is 2.44. The van der Waals surface area contributed by atoms with Crippen molar-refractivity contribution in [1.29, 1.82) is 0 Å². The molecule has 1 aliphatic rings. The quantitative estimate of drug-likeness (QED) is 0.484. The Bertz CT molecular complexity index is 726. The Labute approximate surface area is 182 Å². The third kappa shape index (κ3) is 5.63. The zero-order chi connectivity index (χ0) is 21.4. The van der Waals surface area contributed by atoms with Crippen LogP contribution in [0.3, 0.4) is 0 Å². The molecule has 4 nitrogen and oxygen atoms in total. The van der Waals surface area contributed by atoms with Crippen LogP contribution in [0.15, 0.2) is 60.7 Å². The average molecular weight is 412 g/mol. The molecule has 0 aromatic heterocycles. The second kappa shape index (κ2) is 10.9. The Morgan fingerprint density at radius 1 is 0.967 bits per heavy atom. The molecule has 0 amide bonds. The van der Waals surface area contributed by atoms with Gasteiger partial charge in [-0.3, -0.25) is 4.90 Å². The Morgan fingerprint density at radius 2 is 1.57 bits per heavy atom. The molecule has 164 valence electrons. The molecule has 1 aliphatic carbocycles. The standard InChI is InChI=1S/C26H37NO3/c1-5-28-21(2)30-25(20-29-24-14-10-7-11-15-24)22-16-18-26(19-17-22,27(3)4)23-12-8-6-9-13-23/h6-15,21-22,25H,5,16-20H2,1-4H3. The predicted molar refractivity (Wildman–Crippen MR) is 122 cm³/mol. The molecule has 2 atom stereocenters. The summed E-state index contributed by atoms with van der Waals surface area (Å²) in [6.07, 6.45) is 4.23. The summed E-state index contributed by atoms with van der Waals surface area (Å²) in [4.78, 5) is 2.40. The first kappa shape index (κ1) is 22.8. The first-order chi connectivity index (χ1) is 14.5. The molecular formula is C26H37NO3. The van der Waals surface area contributed by atoms with Gasteiger partial charge in [0.05, 0.1) is 6.10 Å². The van der Waals surface area contributed by atoms with Crippen molar-refractivity contribution in [3.63, 3.8) is 0 Å². The maximum atomic E-state index is 6.33. The fraction of sp³-hybridized carbons (Fsp3) is 0.538. The smallest absolute Gasteiger partial charge is 0.155 e. The van der Waals surface area contributed by atoms with E-state index in [1.165, 1.54) is 5.56 Å². The lowest BCUT2D eigenvalue weighted by molar-refractivity contribution is -0.182. The van der Waals surface area contributed by atoms with Crippen molar-refractivity contribution in [2.45, 2.75) is 57.5 Å². The highest BCUT2D eigenvalue weighted by molar-refractivity contribution is 5.25. The monoisotopic (exact) mass is 411 g/mol. The third-order valence-corrected chi connectivity index (χ3v) is 6.48. The van der Waals surface area contributed by atoms with Gasteiger partial charge < -0.3 is 14.2 Å². The van der Waals surface area contributed by atoms with Crippen molar-refractivity contribution in [2.75, 3.05) is 27.3 Å². The number of para-hydroxylation sites is 1. The van der Waals surface area contributed by atoms with Crippen molar-refractivity contribution < 1.29 is 14.2 Å². The lowest BCUT2D eigenvalue weighted by Gasteiger charge is -2.47. The molecule has 0 bridgehead atoms. The minimum Gasteiger partial charge on any atom is -0.491 e. The molecule has 0 heterocycles. The van der Waals surface area contributed by atoms with E-state index >= 15 is 0 Å². The van der Waals surface area contributed by atoms with Crippen LogP contribution in [0.25, 0.3) is 0 Å². The van der Waals surface area contributed by atoms with Gasteiger partial charge in [-0.2, -0.15) is 0 Å². The Morgan fingerprint density at radius 3 is 2.13 bits per heavy atom. The summed E-state index contributed by atoms with van der Waals surface area (Å²) in [5.41, 5.74) is 1.50. The zero-order valence-electron chi connectivity index (χ0n) is 18.9. The molecule has 2 unspecified atom stereocenters. The summed E-state index contributed by atoms with van der Waals surface area (Å²) in [7, 11) is 4.41. The molecule has 0 saturated heterocycles. The maximum Gasteiger partial charge on any atom is 0.155 e. The maximum absolute atomic E-state index is 6.33. The van der Waals surface area contributed by atoms with E-state index in [9.17, 15) is 0 Å². The molecule has 0 aliphatic heterocycles. The van der Waals surface area contributed by atoms with Crippen LogP contribution in [0.1, 0.15) is 45.1 Å². The van der Waals surface area contributed by atoms with Crippen LogP contribution >= 0.6 is 0 Å². The lowest BCUT2D eigenvalue weighted by Crippen LogP contribution is -2.47. The molecule has 0 N–H and O–H groups in total. The van der Waals surface area contributed by atoms with Crippen LogP contribution < -0.4 is 4.74 Å². The number of ether oxygens (including phenoxy) is 3. The van der Waals surface area contributed by atoms with E-state index in [0.29, 0.717) is 19.1 Å². The number of hydrogen-bond acceptors (Lipinski definition) is 4. The highest BCUT2D eigenvalue weighted by atomic mass is 16.7. The summed E-state index contributed by atoms with van der Waals surface area (Å²) < 4.78 is 18.1. The molecule has 0 spiro atoms. The number of hydrogen-bond donors (Lipinski definition) is 0. The second-order valence-corrected chi connectivity index (χ2v) is 8.45. The molecule has 3 rings (SSSR count). The van der Waals surface area contributed by atoms with Gasteiger partial charge in [-0.25, -0.2) is 0 Å². The predicted octanol–water partition coefficient (Wildman–Crippen LogP) is 5.48. The summed E-state index contributed by atoms with van der Waals surface area (Å²) in [6, 6.07) is 20.9. The Balaban J connectivity index is 1.69. The van der Waals surface area contributed by atoms with Gasteiger partial charge in [-0.05, 0) is 77.2 Å². The van der Waals surface area contributed by atoms with Crippen LogP contribution in [-0.2, 0) is 15.0 Å². The van der Waals surface area contributed by atoms with Gasteiger partial charge >= 0.3 is 0 Å². The molecule has 1 saturated carbocycles. The van der Waals surface area contributed by atoms with Crippen LogP contribution in [0.2, 0.25) is 0 Å². The van der Waals surface area contributed by atoms with E-state index < -0.39 is 0 Å². The van der Waals surface area contributed by atoms with Gasteiger partial charge in [0.25, 0.3) is 0 Å². The zero-order valence-corrected chi connectivity index (χ0v) is 18.9. The van der Waals surface area contributed by atoms with Gasteiger partial charge in [0.2, 0.25) is 0 Å². The van der Waals surface area contributed by atoms with E-state index in [2.05, 4.69) is 49.3 Å². The summed E-state index contributed by atoms with van der Waals surface area (Å²) in [6.45, 7) is 5.18. The van der Waals surface area contributed by atoms with Crippen molar-refractivity contribution in [2.24, 2.45) is 5.92 Å². The normalized spacial score (nSPS) is 23.8. The lowest BCUT2D eigenvalue weighted by atomic mass is 9.70. The van der Waals surface area contributed by atoms with E-state index in [-0.39, 0.29) is 17.9 Å². The molecule has 1 fully saturated rings. The van der Waals surface area contributed by atoms with Crippen molar-refractivity contribution in [3.05, 3.63) is 66.2 Å². The SMILES string of the molecule is CCOC(C)OC(COc1ccccc1)C1CCC(c2ccccc2)(N(C)C)CC1. The van der Waals surface area contributed by atoms with Gasteiger partial charge in [-0.15, -0.1) is 0 Å². The number of nitrogens with zero attached hydrogens (tertiary/aromatic N) is 1. The first-order valence-electron chi connectivity index (χ1n) is 11.2. The molecule has 4 heteroatoms. The van der Waals surface area contributed by atoms with E-state index in [1.807, 2.05) is 44.2 Å². The summed E-state index contributed by atoms with van der Waals surface area (Å²) in [5, 5.41) is 0. The van der Waals surface area contributed by atoms with Crippen molar-refractivity contribution >= 4 is 0 Å². The third-order valence-electron chi connectivity index (χ3n) is 6.48. The summed E-state index contributed by atoms with van der Waals surface area (Å²) >= 11 is 0. The van der Waals surface area contributed by atoms with E-state index in [1.54, 1.807) is 0 Å². The van der Waals surface area contributed by atoms with Gasteiger partial charge in [0.15, 0.2) is 6.29 Å². The summed E-state index contributed by atoms with van der Waals surface area (Å²) in [5.74, 6) is 1.34. The largest absolute Gasteiger partial charge is 0.491 e.